The quantitative estimate of drug-likeness (QED) is 0.532. The molecule has 174 valence electrons. The van der Waals surface area contributed by atoms with Crippen LogP contribution in [0.25, 0.3) is 16.8 Å². The van der Waals surface area contributed by atoms with Gasteiger partial charge in [-0.05, 0) is 58.1 Å². The molecular weight excluding hydrogens is 416 g/mol. The first kappa shape index (κ1) is 23.0. The molecule has 4 rings (SSSR count). The van der Waals surface area contributed by atoms with E-state index in [1.54, 1.807) is 0 Å². The minimum Gasteiger partial charge on any atom is -0.466 e. The summed E-state index contributed by atoms with van der Waals surface area (Å²) >= 11 is 0. The number of carbonyl (C=O) groups is 2. The van der Waals surface area contributed by atoms with Crippen LogP contribution in [0.4, 0.5) is 0 Å². The van der Waals surface area contributed by atoms with Crippen LogP contribution in [0, 0.1) is 26.7 Å². The SMILES string of the molecule is CCOC(=O)[C@@H]1CCCN(C(=O)CCc2c(C)nc3c(-c4ccccc4)c(C)nn3c2C)C1. The van der Waals surface area contributed by atoms with Crippen LogP contribution in [0.3, 0.4) is 0 Å². The highest BCUT2D eigenvalue weighted by Gasteiger charge is 2.29. The second-order valence-corrected chi connectivity index (χ2v) is 8.75. The lowest BCUT2D eigenvalue weighted by atomic mass is 9.97. The maximum Gasteiger partial charge on any atom is 0.310 e. The average Bonchev–Trinajstić information content (AvgIpc) is 3.15. The first-order valence-electron chi connectivity index (χ1n) is 11.8. The lowest BCUT2D eigenvalue weighted by Crippen LogP contribution is -2.42. The minimum absolute atomic E-state index is 0.0736. The molecule has 1 aliphatic heterocycles. The summed E-state index contributed by atoms with van der Waals surface area (Å²) < 4.78 is 7.06. The smallest absolute Gasteiger partial charge is 0.310 e. The molecule has 0 bridgehead atoms. The van der Waals surface area contributed by atoms with E-state index < -0.39 is 0 Å². The molecule has 1 aromatic carbocycles. The fourth-order valence-corrected chi connectivity index (χ4v) is 4.82. The second-order valence-electron chi connectivity index (χ2n) is 8.75. The number of rotatable bonds is 6. The predicted octanol–water partition coefficient (Wildman–Crippen LogP) is 4.06. The summed E-state index contributed by atoms with van der Waals surface area (Å²) in [6.45, 7) is 9.38. The van der Waals surface area contributed by atoms with E-state index in [1.165, 1.54) is 0 Å². The van der Waals surface area contributed by atoms with Crippen LogP contribution < -0.4 is 0 Å². The zero-order valence-corrected chi connectivity index (χ0v) is 19.9. The van der Waals surface area contributed by atoms with Crippen molar-refractivity contribution in [3.05, 3.63) is 53.0 Å². The highest BCUT2D eigenvalue weighted by molar-refractivity contribution is 5.81. The number of piperidine rings is 1. The Morgan fingerprint density at radius 2 is 1.88 bits per heavy atom. The number of likely N-dealkylation sites (tertiary alicyclic amines) is 1. The van der Waals surface area contributed by atoms with Gasteiger partial charge in [-0.1, -0.05) is 30.3 Å². The highest BCUT2D eigenvalue weighted by atomic mass is 16.5. The van der Waals surface area contributed by atoms with Crippen molar-refractivity contribution in [2.45, 2.75) is 53.4 Å². The van der Waals surface area contributed by atoms with E-state index in [0.717, 1.165) is 52.3 Å². The van der Waals surface area contributed by atoms with Crippen LogP contribution in [0.15, 0.2) is 30.3 Å². The van der Waals surface area contributed by atoms with Crippen molar-refractivity contribution in [1.82, 2.24) is 19.5 Å². The Morgan fingerprint density at radius 3 is 2.61 bits per heavy atom. The minimum atomic E-state index is -0.215. The van der Waals surface area contributed by atoms with Crippen molar-refractivity contribution < 1.29 is 14.3 Å². The maximum atomic E-state index is 13.0. The van der Waals surface area contributed by atoms with Crippen LogP contribution in [-0.2, 0) is 20.7 Å². The first-order valence-corrected chi connectivity index (χ1v) is 11.8. The van der Waals surface area contributed by atoms with Gasteiger partial charge in [-0.2, -0.15) is 5.10 Å². The Labute approximate surface area is 194 Å². The zero-order chi connectivity index (χ0) is 23.5. The molecule has 1 aliphatic rings. The van der Waals surface area contributed by atoms with Crippen LogP contribution in [0.2, 0.25) is 0 Å². The summed E-state index contributed by atoms with van der Waals surface area (Å²) in [7, 11) is 0. The Hall–Kier alpha value is -3.22. The van der Waals surface area contributed by atoms with Gasteiger partial charge in [0, 0.05) is 36.5 Å². The van der Waals surface area contributed by atoms with Crippen molar-refractivity contribution >= 4 is 17.5 Å². The number of hydrogen-bond acceptors (Lipinski definition) is 5. The summed E-state index contributed by atoms with van der Waals surface area (Å²) in [6.07, 6.45) is 2.59. The molecule has 0 unspecified atom stereocenters. The topological polar surface area (TPSA) is 76.8 Å². The van der Waals surface area contributed by atoms with Gasteiger partial charge in [0.25, 0.3) is 0 Å². The lowest BCUT2D eigenvalue weighted by molar-refractivity contribution is -0.151. The van der Waals surface area contributed by atoms with Gasteiger partial charge in [-0.3, -0.25) is 9.59 Å². The van der Waals surface area contributed by atoms with Gasteiger partial charge in [0.15, 0.2) is 5.65 Å². The molecule has 7 heteroatoms. The van der Waals surface area contributed by atoms with Crippen molar-refractivity contribution in [3.63, 3.8) is 0 Å². The lowest BCUT2D eigenvalue weighted by Gasteiger charge is -2.31. The molecule has 2 aromatic heterocycles. The summed E-state index contributed by atoms with van der Waals surface area (Å²) in [4.78, 5) is 31.8. The molecule has 1 saturated heterocycles. The number of fused-ring (bicyclic) bond motifs is 1. The fourth-order valence-electron chi connectivity index (χ4n) is 4.82. The Balaban J connectivity index is 1.52. The van der Waals surface area contributed by atoms with E-state index in [2.05, 4.69) is 12.1 Å². The molecular formula is C26H32N4O3. The van der Waals surface area contributed by atoms with Gasteiger partial charge in [-0.15, -0.1) is 0 Å². The van der Waals surface area contributed by atoms with Crippen molar-refractivity contribution in [2.75, 3.05) is 19.7 Å². The van der Waals surface area contributed by atoms with Gasteiger partial charge in [-0.25, -0.2) is 9.50 Å². The molecule has 0 N–H and O–H groups in total. The van der Waals surface area contributed by atoms with E-state index in [4.69, 9.17) is 14.8 Å². The zero-order valence-electron chi connectivity index (χ0n) is 19.9. The molecule has 0 saturated carbocycles. The molecule has 33 heavy (non-hydrogen) atoms. The summed E-state index contributed by atoms with van der Waals surface area (Å²) in [5.74, 6) is -0.336. The Bertz CT molecular complexity index is 1170. The third kappa shape index (κ3) is 4.63. The van der Waals surface area contributed by atoms with Crippen molar-refractivity contribution in [1.29, 1.82) is 0 Å². The molecule has 3 heterocycles. The molecule has 1 atom stereocenters. The van der Waals surface area contributed by atoms with E-state index in [9.17, 15) is 9.59 Å². The molecule has 1 fully saturated rings. The van der Waals surface area contributed by atoms with E-state index in [-0.39, 0.29) is 17.8 Å². The van der Waals surface area contributed by atoms with Crippen LogP contribution >= 0.6 is 0 Å². The number of amides is 1. The highest BCUT2D eigenvalue weighted by Crippen LogP contribution is 2.29. The van der Waals surface area contributed by atoms with Crippen LogP contribution in [0.5, 0.6) is 0 Å². The number of hydrogen-bond donors (Lipinski definition) is 0. The maximum absolute atomic E-state index is 13.0. The van der Waals surface area contributed by atoms with Crippen molar-refractivity contribution in [3.8, 4) is 11.1 Å². The number of esters is 1. The average molecular weight is 449 g/mol. The molecule has 1 amide bonds. The normalized spacial score (nSPS) is 16.2. The number of benzene rings is 1. The van der Waals surface area contributed by atoms with Gasteiger partial charge in [0.05, 0.1) is 18.2 Å². The summed E-state index contributed by atoms with van der Waals surface area (Å²) in [5, 5.41) is 4.76. The predicted molar refractivity (Wildman–Crippen MR) is 127 cm³/mol. The van der Waals surface area contributed by atoms with E-state index >= 15 is 0 Å². The summed E-state index contributed by atoms with van der Waals surface area (Å²) in [6, 6.07) is 10.2. The largest absolute Gasteiger partial charge is 0.466 e. The van der Waals surface area contributed by atoms with Crippen LogP contribution in [-0.4, -0.2) is 51.1 Å². The van der Waals surface area contributed by atoms with Gasteiger partial charge < -0.3 is 9.64 Å². The number of aromatic nitrogens is 3. The number of carbonyl (C=O) groups excluding carboxylic acids is 2. The monoisotopic (exact) mass is 448 g/mol. The van der Waals surface area contributed by atoms with Gasteiger partial charge in [0.1, 0.15) is 0 Å². The molecule has 7 nitrogen and oxygen atoms in total. The third-order valence-electron chi connectivity index (χ3n) is 6.55. The second kappa shape index (κ2) is 9.73. The first-order chi connectivity index (χ1) is 15.9. The molecule has 0 radical (unpaired) electrons. The Morgan fingerprint density at radius 1 is 1.12 bits per heavy atom. The van der Waals surface area contributed by atoms with Crippen LogP contribution in [0.1, 0.15) is 48.8 Å². The van der Waals surface area contributed by atoms with Gasteiger partial charge >= 0.3 is 5.97 Å². The molecule has 3 aromatic rings. The third-order valence-corrected chi connectivity index (χ3v) is 6.55. The molecule has 0 aliphatic carbocycles. The van der Waals surface area contributed by atoms with Gasteiger partial charge in [0.2, 0.25) is 5.91 Å². The van der Waals surface area contributed by atoms with Crippen molar-refractivity contribution in [2.24, 2.45) is 5.92 Å². The standard InChI is InChI=1S/C26H32N4O3/c1-5-33-26(32)21-12-9-15-29(16-21)23(31)14-13-22-17(2)27-25-24(20-10-7-6-8-11-20)18(3)28-30(25)19(22)4/h6-8,10-11,21H,5,9,12-16H2,1-4H3/t21-/m1/s1. The number of ether oxygens (including phenoxy) is 1. The fraction of sp³-hybridized carbons (Fsp3) is 0.462. The number of aryl methyl sites for hydroxylation is 3. The summed E-state index contributed by atoms with van der Waals surface area (Å²) in [5.41, 5.74) is 6.91. The van der Waals surface area contributed by atoms with E-state index in [0.29, 0.717) is 32.5 Å². The number of nitrogens with zero attached hydrogens (tertiary/aromatic N) is 4. The molecule has 0 spiro atoms. The Kier molecular flexibility index (Phi) is 6.77. The van der Waals surface area contributed by atoms with E-state index in [1.807, 2.05) is 55.3 Å².